The Morgan fingerprint density at radius 2 is 1.87 bits per heavy atom. The van der Waals surface area contributed by atoms with Crippen molar-refractivity contribution < 1.29 is 8.78 Å². The number of aromatic nitrogens is 3. The van der Waals surface area contributed by atoms with E-state index in [1.165, 1.54) is 0 Å². The fourth-order valence-electron chi connectivity index (χ4n) is 1.09. The Kier molecular flexibility index (Phi) is 2.20. The van der Waals surface area contributed by atoms with Crippen molar-refractivity contribution in [1.29, 1.82) is 0 Å². The highest BCUT2D eigenvalue weighted by atomic mass is 19.1. The van der Waals surface area contributed by atoms with Crippen molar-refractivity contribution in [2.75, 3.05) is 0 Å². The Labute approximate surface area is 82.3 Å². The fourth-order valence-corrected chi connectivity index (χ4v) is 1.09. The molecule has 0 N–H and O–H groups in total. The minimum atomic E-state index is -0.735. The Morgan fingerprint density at radius 3 is 2.40 bits per heavy atom. The molecule has 0 aliphatic carbocycles. The Bertz CT molecular complexity index is 491. The molecule has 0 saturated heterocycles. The summed E-state index contributed by atoms with van der Waals surface area (Å²) in [5.74, 6) is -1.76. The molecule has 0 fully saturated rings. The van der Waals surface area contributed by atoms with Crippen molar-refractivity contribution >= 4 is 5.95 Å². The SMILES string of the molecule is O=Nc1ncn(-c2cc(F)cc(F)c2)n1. The standard InChI is InChI=1S/C8H4F2N4O/c9-5-1-6(10)3-7(2-5)14-4-11-8(12-14)13-15/h1-4H. The van der Waals surface area contributed by atoms with Crippen LogP contribution in [-0.2, 0) is 0 Å². The van der Waals surface area contributed by atoms with Gasteiger partial charge in [-0.15, -0.1) is 10.0 Å². The van der Waals surface area contributed by atoms with Crippen molar-refractivity contribution in [2.45, 2.75) is 0 Å². The van der Waals surface area contributed by atoms with Gasteiger partial charge < -0.3 is 0 Å². The third-order valence-electron chi connectivity index (χ3n) is 1.67. The molecule has 0 unspecified atom stereocenters. The highest BCUT2D eigenvalue weighted by molar-refractivity contribution is 5.32. The van der Waals surface area contributed by atoms with Gasteiger partial charge in [0.15, 0.2) is 0 Å². The van der Waals surface area contributed by atoms with Crippen LogP contribution in [0.3, 0.4) is 0 Å². The van der Waals surface area contributed by atoms with Gasteiger partial charge in [-0.1, -0.05) is 0 Å². The van der Waals surface area contributed by atoms with Crippen LogP contribution in [0.5, 0.6) is 0 Å². The molecule has 0 spiro atoms. The van der Waals surface area contributed by atoms with Crippen LogP contribution in [0, 0.1) is 16.5 Å². The molecule has 7 heteroatoms. The Morgan fingerprint density at radius 1 is 1.20 bits per heavy atom. The van der Waals surface area contributed by atoms with Crippen LogP contribution in [0.1, 0.15) is 0 Å². The van der Waals surface area contributed by atoms with E-state index in [1.54, 1.807) is 0 Å². The second kappa shape index (κ2) is 3.52. The van der Waals surface area contributed by atoms with Gasteiger partial charge in [0.1, 0.15) is 18.0 Å². The van der Waals surface area contributed by atoms with Crippen LogP contribution >= 0.6 is 0 Å². The third kappa shape index (κ3) is 1.85. The van der Waals surface area contributed by atoms with E-state index in [2.05, 4.69) is 15.3 Å². The Balaban J connectivity index is 2.48. The van der Waals surface area contributed by atoms with E-state index in [9.17, 15) is 13.7 Å². The van der Waals surface area contributed by atoms with Crippen LogP contribution in [0.4, 0.5) is 14.7 Å². The van der Waals surface area contributed by atoms with Gasteiger partial charge in [-0.2, -0.15) is 4.98 Å². The second-order valence-corrected chi connectivity index (χ2v) is 2.71. The van der Waals surface area contributed by atoms with Crippen molar-refractivity contribution in [3.63, 3.8) is 0 Å². The summed E-state index contributed by atoms with van der Waals surface area (Å²) in [6.07, 6.45) is 1.14. The summed E-state index contributed by atoms with van der Waals surface area (Å²) in [5, 5.41) is 6.06. The first-order chi connectivity index (χ1) is 7.19. The summed E-state index contributed by atoms with van der Waals surface area (Å²) in [7, 11) is 0. The molecular formula is C8H4F2N4O. The molecule has 0 radical (unpaired) electrons. The number of hydrogen-bond acceptors (Lipinski definition) is 4. The number of hydrogen-bond donors (Lipinski definition) is 0. The maximum atomic E-state index is 12.8. The van der Waals surface area contributed by atoms with Crippen molar-refractivity contribution in [3.05, 3.63) is 41.1 Å². The summed E-state index contributed by atoms with van der Waals surface area (Å²) in [4.78, 5) is 13.5. The number of rotatable bonds is 2. The molecule has 0 bridgehead atoms. The molecular weight excluding hydrogens is 206 g/mol. The minimum Gasteiger partial charge on any atom is -0.219 e. The number of nitroso groups, excluding NO2 is 1. The first-order valence-corrected chi connectivity index (χ1v) is 3.90. The molecule has 15 heavy (non-hydrogen) atoms. The van der Waals surface area contributed by atoms with Crippen molar-refractivity contribution in [1.82, 2.24) is 14.8 Å². The molecule has 2 aromatic rings. The average Bonchev–Trinajstić information content (AvgIpc) is 2.64. The summed E-state index contributed by atoms with van der Waals surface area (Å²) in [6, 6.07) is 2.86. The lowest BCUT2D eigenvalue weighted by molar-refractivity contribution is 0.580. The van der Waals surface area contributed by atoms with Gasteiger partial charge in [0.25, 0.3) is 0 Å². The van der Waals surface area contributed by atoms with Crippen molar-refractivity contribution in [3.8, 4) is 5.69 Å². The maximum absolute atomic E-state index is 12.8. The van der Waals surface area contributed by atoms with E-state index in [-0.39, 0.29) is 11.6 Å². The first-order valence-electron chi connectivity index (χ1n) is 3.90. The molecule has 0 aliphatic rings. The number of nitrogens with zero attached hydrogens (tertiary/aromatic N) is 4. The van der Waals surface area contributed by atoms with E-state index in [0.717, 1.165) is 29.2 Å². The first kappa shape index (κ1) is 9.38. The summed E-state index contributed by atoms with van der Waals surface area (Å²) < 4.78 is 26.7. The second-order valence-electron chi connectivity index (χ2n) is 2.71. The molecule has 1 aromatic heterocycles. The van der Waals surface area contributed by atoms with Crippen LogP contribution in [0.15, 0.2) is 29.7 Å². The number of benzene rings is 1. The lowest BCUT2D eigenvalue weighted by atomic mass is 10.3. The van der Waals surface area contributed by atoms with E-state index < -0.39 is 11.6 Å². The Hall–Kier alpha value is -2.18. The van der Waals surface area contributed by atoms with Gasteiger partial charge in [-0.05, 0) is 12.1 Å². The van der Waals surface area contributed by atoms with Crippen LogP contribution in [-0.4, -0.2) is 14.8 Å². The molecule has 0 amide bonds. The van der Waals surface area contributed by atoms with Gasteiger partial charge in [0.05, 0.1) is 5.69 Å². The predicted molar refractivity (Wildman–Crippen MR) is 46.7 cm³/mol. The lowest BCUT2D eigenvalue weighted by Gasteiger charge is -1.99. The number of halogens is 2. The molecule has 1 heterocycles. The fraction of sp³-hybridized carbons (Fsp3) is 0. The monoisotopic (exact) mass is 210 g/mol. The minimum absolute atomic E-state index is 0.134. The van der Waals surface area contributed by atoms with Gasteiger partial charge >= 0.3 is 5.95 Å². The summed E-state index contributed by atoms with van der Waals surface area (Å²) >= 11 is 0. The third-order valence-corrected chi connectivity index (χ3v) is 1.67. The van der Waals surface area contributed by atoms with Crippen LogP contribution < -0.4 is 0 Å². The molecule has 0 aliphatic heterocycles. The average molecular weight is 210 g/mol. The largest absolute Gasteiger partial charge is 0.309 e. The van der Waals surface area contributed by atoms with E-state index in [1.807, 2.05) is 0 Å². The zero-order valence-corrected chi connectivity index (χ0v) is 7.26. The van der Waals surface area contributed by atoms with Gasteiger partial charge in [-0.25, -0.2) is 13.5 Å². The molecule has 2 rings (SSSR count). The molecule has 76 valence electrons. The highest BCUT2D eigenvalue weighted by Crippen LogP contribution is 2.13. The van der Waals surface area contributed by atoms with E-state index >= 15 is 0 Å². The quantitative estimate of drug-likeness (QED) is 0.711. The maximum Gasteiger partial charge on any atom is 0.309 e. The predicted octanol–water partition coefficient (Wildman–Crippen LogP) is 1.94. The van der Waals surface area contributed by atoms with E-state index in [0.29, 0.717) is 0 Å². The van der Waals surface area contributed by atoms with Gasteiger partial charge in [-0.3, -0.25) is 0 Å². The van der Waals surface area contributed by atoms with Crippen LogP contribution in [0.2, 0.25) is 0 Å². The zero-order valence-electron chi connectivity index (χ0n) is 7.26. The zero-order chi connectivity index (χ0) is 10.8. The normalized spacial score (nSPS) is 10.3. The van der Waals surface area contributed by atoms with Gasteiger partial charge in [0.2, 0.25) is 0 Å². The van der Waals surface area contributed by atoms with Crippen LogP contribution in [0.25, 0.3) is 5.69 Å². The van der Waals surface area contributed by atoms with E-state index in [4.69, 9.17) is 0 Å². The van der Waals surface area contributed by atoms with Gasteiger partial charge in [0, 0.05) is 11.2 Å². The topological polar surface area (TPSA) is 60.1 Å². The molecule has 0 saturated carbocycles. The highest BCUT2D eigenvalue weighted by Gasteiger charge is 2.05. The summed E-state index contributed by atoms with van der Waals surface area (Å²) in [5.41, 5.74) is 0.134. The molecule has 5 nitrogen and oxygen atoms in total. The summed E-state index contributed by atoms with van der Waals surface area (Å²) in [6.45, 7) is 0. The molecule has 0 atom stereocenters. The lowest BCUT2D eigenvalue weighted by Crippen LogP contribution is -1.96. The van der Waals surface area contributed by atoms with Crippen molar-refractivity contribution in [2.24, 2.45) is 5.18 Å². The smallest absolute Gasteiger partial charge is 0.219 e. The molecule has 1 aromatic carbocycles.